The maximum Gasteiger partial charge on any atom is 0.0897 e. The number of rotatable bonds is 9. The molecule has 102 valence electrons. The van der Waals surface area contributed by atoms with Crippen LogP contribution in [0.2, 0.25) is 0 Å². The lowest BCUT2D eigenvalue weighted by Crippen LogP contribution is -2.32. The average Bonchev–Trinajstić information content (AvgIpc) is 2.42. The largest absolute Gasteiger partial charge is 0.389 e. The van der Waals surface area contributed by atoms with E-state index in [4.69, 9.17) is 9.47 Å². The molecule has 0 aromatic heterocycles. The van der Waals surface area contributed by atoms with Gasteiger partial charge in [-0.3, -0.25) is 0 Å². The number of methoxy groups -OCH3 is 1. The van der Waals surface area contributed by atoms with E-state index in [2.05, 4.69) is 5.32 Å². The molecule has 0 bridgehead atoms. The minimum Gasteiger partial charge on any atom is -0.389 e. The Kier molecular flexibility index (Phi) is 7.60. The van der Waals surface area contributed by atoms with Crippen LogP contribution in [0.15, 0.2) is 30.3 Å². The van der Waals surface area contributed by atoms with Crippen LogP contribution in [0.5, 0.6) is 0 Å². The Labute approximate surface area is 109 Å². The maximum atomic E-state index is 9.72. The summed E-state index contributed by atoms with van der Waals surface area (Å²) in [7, 11) is 1.66. The van der Waals surface area contributed by atoms with E-state index in [-0.39, 0.29) is 6.10 Å². The van der Waals surface area contributed by atoms with Crippen molar-refractivity contribution in [3.8, 4) is 0 Å². The smallest absolute Gasteiger partial charge is 0.0897 e. The molecule has 1 aromatic carbocycles. The lowest BCUT2D eigenvalue weighted by Gasteiger charge is -2.17. The van der Waals surface area contributed by atoms with Crippen LogP contribution in [0.1, 0.15) is 18.6 Å². The maximum absolute atomic E-state index is 9.72. The molecule has 0 heterocycles. The second kappa shape index (κ2) is 9.05. The third-order valence-electron chi connectivity index (χ3n) is 2.67. The highest BCUT2D eigenvalue weighted by molar-refractivity contribution is 5.16. The summed E-state index contributed by atoms with van der Waals surface area (Å²) in [6, 6.07) is 9.99. The van der Waals surface area contributed by atoms with Crippen molar-refractivity contribution in [2.75, 3.05) is 33.4 Å². The van der Waals surface area contributed by atoms with E-state index in [0.29, 0.717) is 19.8 Å². The second-order valence-corrected chi connectivity index (χ2v) is 4.24. The first-order valence-electron chi connectivity index (χ1n) is 6.28. The van der Waals surface area contributed by atoms with Gasteiger partial charge in [-0.1, -0.05) is 30.3 Å². The summed E-state index contributed by atoms with van der Waals surface area (Å²) < 4.78 is 10.5. The highest BCUT2D eigenvalue weighted by atomic mass is 16.5. The van der Waals surface area contributed by atoms with Gasteiger partial charge in [-0.2, -0.15) is 0 Å². The van der Waals surface area contributed by atoms with Gasteiger partial charge in [-0.25, -0.2) is 0 Å². The van der Waals surface area contributed by atoms with Crippen LogP contribution in [0.3, 0.4) is 0 Å². The van der Waals surface area contributed by atoms with Crippen LogP contribution in [-0.2, 0) is 9.47 Å². The van der Waals surface area contributed by atoms with Gasteiger partial charge >= 0.3 is 0 Å². The van der Waals surface area contributed by atoms with Gasteiger partial charge in [0.1, 0.15) is 0 Å². The molecular formula is C14H23NO3. The zero-order chi connectivity index (χ0) is 13.2. The van der Waals surface area contributed by atoms with Crippen LogP contribution in [0, 0.1) is 0 Å². The summed E-state index contributed by atoms with van der Waals surface area (Å²) in [6.07, 6.45) is -0.493. The highest BCUT2D eigenvalue weighted by Crippen LogP contribution is 2.15. The topological polar surface area (TPSA) is 50.7 Å². The van der Waals surface area contributed by atoms with Crippen molar-refractivity contribution in [2.24, 2.45) is 0 Å². The average molecular weight is 253 g/mol. The molecule has 0 aliphatic rings. The number of ether oxygens (including phenoxy) is 2. The van der Waals surface area contributed by atoms with E-state index >= 15 is 0 Å². The standard InChI is InChI=1S/C14H23NO3/c1-12(13-6-4-3-5-7-13)18-11-14(16)10-15-8-9-17-2/h3-7,12,14-16H,8-11H2,1-2H3. The molecule has 0 radical (unpaired) electrons. The molecule has 2 unspecified atom stereocenters. The van der Waals surface area contributed by atoms with Crippen LogP contribution >= 0.6 is 0 Å². The van der Waals surface area contributed by atoms with Crippen molar-refractivity contribution in [2.45, 2.75) is 19.1 Å². The number of hydrogen-bond acceptors (Lipinski definition) is 4. The SMILES string of the molecule is COCCNCC(O)COC(C)c1ccccc1. The Hall–Kier alpha value is -0.940. The first kappa shape index (κ1) is 15.1. The fraction of sp³-hybridized carbons (Fsp3) is 0.571. The molecule has 2 N–H and O–H groups in total. The van der Waals surface area contributed by atoms with Gasteiger partial charge in [0.15, 0.2) is 0 Å². The molecule has 0 aliphatic heterocycles. The van der Waals surface area contributed by atoms with Crippen molar-refractivity contribution in [1.29, 1.82) is 0 Å². The Balaban J connectivity index is 2.16. The zero-order valence-electron chi connectivity index (χ0n) is 11.1. The number of hydrogen-bond donors (Lipinski definition) is 2. The molecule has 4 heteroatoms. The Bertz CT molecular complexity index is 305. The third-order valence-corrected chi connectivity index (χ3v) is 2.67. The predicted octanol–water partition coefficient (Wildman–Crippen LogP) is 1.36. The molecule has 0 saturated carbocycles. The van der Waals surface area contributed by atoms with Gasteiger partial charge in [0.05, 0.1) is 25.4 Å². The van der Waals surface area contributed by atoms with E-state index < -0.39 is 6.10 Å². The van der Waals surface area contributed by atoms with Crippen LogP contribution in [0.4, 0.5) is 0 Å². The third kappa shape index (κ3) is 6.12. The second-order valence-electron chi connectivity index (χ2n) is 4.24. The van der Waals surface area contributed by atoms with Gasteiger partial charge in [-0.15, -0.1) is 0 Å². The van der Waals surface area contributed by atoms with Crippen molar-refractivity contribution in [3.05, 3.63) is 35.9 Å². The monoisotopic (exact) mass is 253 g/mol. The number of benzene rings is 1. The molecule has 0 spiro atoms. The predicted molar refractivity (Wildman–Crippen MR) is 71.6 cm³/mol. The Morgan fingerprint density at radius 3 is 2.67 bits per heavy atom. The Morgan fingerprint density at radius 2 is 2.00 bits per heavy atom. The molecule has 18 heavy (non-hydrogen) atoms. The minimum absolute atomic E-state index is 0.000162. The normalized spacial score (nSPS) is 14.4. The number of nitrogens with one attached hydrogen (secondary N) is 1. The van der Waals surface area contributed by atoms with Crippen molar-refractivity contribution in [1.82, 2.24) is 5.32 Å². The minimum atomic E-state index is -0.493. The number of aliphatic hydroxyl groups excluding tert-OH is 1. The molecule has 0 saturated heterocycles. The lowest BCUT2D eigenvalue weighted by atomic mass is 10.1. The van der Waals surface area contributed by atoms with Crippen LogP contribution in [0.25, 0.3) is 0 Å². The summed E-state index contributed by atoms with van der Waals surface area (Å²) in [6.45, 7) is 4.22. The van der Waals surface area contributed by atoms with E-state index in [1.54, 1.807) is 7.11 Å². The highest BCUT2D eigenvalue weighted by Gasteiger charge is 2.09. The van der Waals surface area contributed by atoms with E-state index in [0.717, 1.165) is 12.1 Å². The first-order valence-corrected chi connectivity index (χ1v) is 6.28. The summed E-state index contributed by atoms with van der Waals surface area (Å²) in [5.41, 5.74) is 1.12. The molecule has 1 rings (SSSR count). The summed E-state index contributed by atoms with van der Waals surface area (Å²) >= 11 is 0. The lowest BCUT2D eigenvalue weighted by molar-refractivity contribution is -0.00237. The van der Waals surface area contributed by atoms with Crippen molar-refractivity contribution < 1.29 is 14.6 Å². The van der Waals surface area contributed by atoms with Crippen LogP contribution < -0.4 is 5.32 Å². The van der Waals surface area contributed by atoms with Gasteiger partial charge in [0, 0.05) is 20.2 Å². The van der Waals surface area contributed by atoms with Gasteiger partial charge < -0.3 is 19.9 Å². The summed E-state index contributed by atoms with van der Waals surface area (Å²) in [4.78, 5) is 0. The molecule has 0 amide bonds. The first-order chi connectivity index (χ1) is 8.74. The van der Waals surface area contributed by atoms with Gasteiger partial charge in [0.2, 0.25) is 0 Å². The molecule has 4 nitrogen and oxygen atoms in total. The fourth-order valence-electron chi connectivity index (χ4n) is 1.58. The molecular weight excluding hydrogens is 230 g/mol. The van der Waals surface area contributed by atoms with Gasteiger partial charge in [-0.05, 0) is 12.5 Å². The van der Waals surface area contributed by atoms with E-state index in [1.807, 2.05) is 37.3 Å². The van der Waals surface area contributed by atoms with Crippen molar-refractivity contribution in [3.63, 3.8) is 0 Å². The van der Waals surface area contributed by atoms with Crippen LogP contribution in [-0.4, -0.2) is 44.6 Å². The van der Waals surface area contributed by atoms with E-state index in [9.17, 15) is 5.11 Å². The zero-order valence-corrected chi connectivity index (χ0v) is 11.1. The van der Waals surface area contributed by atoms with Crippen molar-refractivity contribution >= 4 is 0 Å². The summed E-state index contributed by atoms with van der Waals surface area (Å²) in [5.74, 6) is 0. The molecule has 2 atom stereocenters. The molecule has 0 aliphatic carbocycles. The molecule has 0 fully saturated rings. The summed E-state index contributed by atoms with van der Waals surface area (Å²) in [5, 5.41) is 12.8. The Morgan fingerprint density at radius 1 is 1.28 bits per heavy atom. The van der Waals surface area contributed by atoms with E-state index in [1.165, 1.54) is 0 Å². The number of aliphatic hydroxyl groups is 1. The van der Waals surface area contributed by atoms with Gasteiger partial charge in [0.25, 0.3) is 0 Å². The fourth-order valence-corrected chi connectivity index (χ4v) is 1.58. The quantitative estimate of drug-likeness (QED) is 0.653. The molecule has 1 aromatic rings.